The lowest BCUT2D eigenvalue weighted by Crippen LogP contribution is -2.30. The number of pyridine rings is 1. The molecule has 1 amide bonds. The summed E-state index contributed by atoms with van der Waals surface area (Å²) in [5.74, 6) is -1.86. The van der Waals surface area contributed by atoms with Crippen LogP contribution in [0.1, 0.15) is 17.3 Å². The number of esters is 1. The highest BCUT2D eigenvalue weighted by atomic mass is 35.5. The first-order chi connectivity index (χ1) is 12.8. The van der Waals surface area contributed by atoms with Gasteiger partial charge in [-0.3, -0.25) is 4.79 Å². The summed E-state index contributed by atoms with van der Waals surface area (Å²) in [7, 11) is 0. The number of nitrogens with zero attached hydrogens (tertiary/aromatic N) is 1. The first-order valence-electron chi connectivity index (χ1n) is 7.87. The fourth-order valence-corrected chi connectivity index (χ4v) is 2.83. The maximum atomic E-state index is 13.1. The molecule has 1 atom stereocenters. The fraction of sp³-hybridized carbons (Fsp3) is 0.105. The third-order valence-electron chi connectivity index (χ3n) is 3.75. The number of benzene rings is 2. The van der Waals surface area contributed by atoms with Gasteiger partial charge in [-0.2, -0.15) is 0 Å². The van der Waals surface area contributed by atoms with E-state index in [2.05, 4.69) is 10.3 Å². The van der Waals surface area contributed by atoms with Crippen molar-refractivity contribution in [1.29, 1.82) is 0 Å². The maximum absolute atomic E-state index is 13.1. The van der Waals surface area contributed by atoms with Crippen molar-refractivity contribution in [3.63, 3.8) is 0 Å². The number of ether oxygens (including phenoxy) is 1. The van der Waals surface area contributed by atoms with E-state index in [-0.39, 0.29) is 21.4 Å². The predicted molar refractivity (Wildman–Crippen MR) is 102 cm³/mol. The molecule has 27 heavy (non-hydrogen) atoms. The number of para-hydroxylation sites is 1. The molecular formula is C19H13Cl2FN2O3. The Morgan fingerprint density at radius 2 is 1.89 bits per heavy atom. The zero-order chi connectivity index (χ0) is 19.6. The Kier molecular flexibility index (Phi) is 5.58. The van der Waals surface area contributed by atoms with Gasteiger partial charge in [0.05, 0.1) is 21.8 Å². The average Bonchev–Trinajstić information content (AvgIpc) is 2.63. The summed E-state index contributed by atoms with van der Waals surface area (Å²) in [6.07, 6.45) is -1.12. The van der Waals surface area contributed by atoms with E-state index in [1.807, 2.05) is 0 Å². The van der Waals surface area contributed by atoms with Crippen LogP contribution in [0.4, 0.5) is 10.1 Å². The number of carbonyl (C=O) groups is 2. The van der Waals surface area contributed by atoms with Gasteiger partial charge in [-0.15, -0.1) is 0 Å². The molecule has 1 aromatic heterocycles. The number of hydrogen-bond donors (Lipinski definition) is 1. The van der Waals surface area contributed by atoms with Crippen molar-refractivity contribution in [2.75, 3.05) is 5.32 Å². The van der Waals surface area contributed by atoms with E-state index in [9.17, 15) is 14.0 Å². The van der Waals surface area contributed by atoms with E-state index in [4.69, 9.17) is 27.9 Å². The van der Waals surface area contributed by atoms with Crippen LogP contribution in [0.15, 0.2) is 48.5 Å². The third-order valence-corrected chi connectivity index (χ3v) is 4.25. The molecule has 1 heterocycles. The molecule has 5 nitrogen and oxygen atoms in total. The molecule has 0 aliphatic heterocycles. The lowest BCUT2D eigenvalue weighted by Gasteiger charge is -2.15. The van der Waals surface area contributed by atoms with E-state index in [1.54, 1.807) is 24.3 Å². The SMILES string of the molecule is C[C@@H](OC(=O)c1cc(Cl)nc2ccccc12)C(=O)Nc1ccc(F)cc1Cl. The van der Waals surface area contributed by atoms with Gasteiger partial charge in [-0.1, -0.05) is 41.4 Å². The van der Waals surface area contributed by atoms with E-state index in [0.29, 0.717) is 10.9 Å². The zero-order valence-electron chi connectivity index (χ0n) is 14.0. The average molecular weight is 407 g/mol. The summed E-state index contributed by atoms with van der Waals surface area (Å²) in [6.45, 7) is 1.41. The highest BCUT2D eigenvalue weighted by molar-refractivity contribution is 6.33. The standard InChI is InChI=1S/C19H13Cl2FN2O3/c1-10(18(25)24-16-7-6-11(22)8-14(16)20)27-19(26)13-9-17(21)23-15-5-3-2-4-12(13)15/h2-10H,1H3,(H,24,25)/t10-/m1/s1. The van der Waals surface area contributed by atoms with Crippen LogP contribution in [0.3, 0.4) is 0 Å². The highest BCUT2D eigenvalue weighted by Gasteiger charge is 2.22. The third kappa shape index (κ3) is 4.35. The van der Waals surface area contributed by atoms with Crippen molar-refractivity contribution in [3.8, 4) is 0 Å². The molecule has 2 aromatic carbocycles. The second-order valence-corrected chi connectivity index (χ2v) is 6.47. The largest absolute Gasteiger partial charge is 0.449 e. The Labute approximate surface area is 164 Å². The van der Waals surface area contributed by atoms with Crippen LogP contribution < -0.4 is 5.32 Å². The van der Waals surface area contributed by atoms with Gasteiger partial charge in [-0.25, -0.2) is 14.2 Å². The molecule has 0 unspecified atom stereocenters. The highest BCUT2D eigenvalue weighted by Crippen LogP contribution is 2.24. The van der Waals surface area contributed by atoms with Gasteiger partial charge in [0.1, 0.15) is 11.0 Å². The molecule has 0 aliphatic rings. The van der Waals surface area contributed by atoms with Gasteiger partial charge in [0.2, 0.25) is 0 Å². The summed E-state index contributed by atoms with van der Waals surface area (Å²) in [6, 6.07) is 11.9. The number of amides is 1. The fourth-order valence-electron chi connectivity index (χ4n) is 2.41. The summed E-state index contributed by atoms with van der Waals surface area (Å²) in [5, 5.41) is 3.22. The van der Waals surface area contributed by atoms with Crippen molar-refractivity contribution in [1.82, 2.24) is 4.98 Å². The van der Waals surface area contributed by atoms with Crippen molar-refractivity contribution in [3.05, 3.63) is 70.1 Å². The molecule has 3 aromatic rings. The minimum absolute atomic E-state index is 0.0359. The lowest BCUT2D eigenvalue weighted by molar-refractivity contribution is -0.123. The van der Waals surface area contributed by atoms with Gasteiger partial charge in [-0.05, 0) is 37.3 Å². The van der Waals surface area contributed by atoms with Crippen LogP contribution in [0.5, 0.6) is 0 Å². The Bertz CT molecular complexity index is 1040. The summed E-state index contributed by atoms with van der Waals surface area (Å²) < 4.78 is 18.3. The van der Waals surface area contributed by atoms with E-state index >= 15 is 0 Å². The summed E-state index contributed by atoms with van der Waals surface area (Å²) in [4.78, 5) is 28.9. The predicted octanol–water partition coefficient (Wildman–Crippen LogP) is 4.86. The second kappa shape index (κ2) is 7.90. The molecule has 8 heteroatoms. The van der Waals surface area contributed by atoms with E-state index in [1.165, 1.54) is 19.1 Å². The monoisotopic (exact) mass is 406 g/mol. The van der Waals surface area contributed by atoms with Crippen LogP contribution >= 0.6 is 23.2 Å². The van der Waals surface area contributed by atoms with Crippen LogP contribution in [0.25, 0.3) is 10.9 Å². The molecule has 0 bridgehead atoms. The lowest BCUT2D eigenvalue weighted by atomic mass is 10.1. The topological polar surface area (TPSA) is 68.3 Å². The Morgan fingerprint density at radius 3 is 2.63 bits per heavy atom. The maximum Gasteiger partial charge on any atom is 0.339 e. The van der Waals surface area contributed by atoms with Crippen molar-refractivity contribution in [2.45, 2.75) is 13.0 Å². The number of anilines is 1. The van der Waals surface area contributed by atoms with Gasteiger partial charge in [0.25, 0.3) is 5.91 Å². The number of aromatic nitrogens is 1. The molecule has 0 spiro atoms. The first-order valence-corrected chi connectivity index (χ1v) is 8.63. The molecule has 0 aliphatic carbocycles. The molecule has 0 fully saturated rings. The minimum Gasteiger partial charge on any atom is -0.449 e. The molecule has 0 saturated heterocycles. The number of halogens is 3. The van der Waals surface area contributed by atoms with Crippen LogP contribution in [0.2, 0.25) is 10.2 Å². The second-order valence-electron chi connectivity index (χ2n) is 5.67. The number of fused-ring (bicyclic) bond motifs is 1. The van der Waals surface area contributed by atoms with Crippen molar-refractivity contribution in [2.24, 2.45) is 0 Å². The van der Waals surface area contributed by atoms with Crippen LogP contribution in [-0.2, 0) is 9.53 Å². The smallest absolute Gasteiger partial charge is 0.339 e. The van der Waals surface area contributed by atoms with Crippen LogP contribution in [0, 0.1) is 5.82 Å². The zero-order valence-corrected chi connectivity index (χ0v) is 15.5. The summed E-state index contributed by atoms with van der Waals surface area (Å²) in [5.41, 5.74) is 0.945. The normalized spacial score (nSPS) is 11.9. The molecular weight excluding hydrogens is 394 g/mol. The Hall–Kier alpha value is -2.70. The van der Waals surface area contributed by atoms with Gasteiger partial charge >= 0.3 is 5.97 Å². The number of rotatable bonds is 4. The van der Waals surface area contributed by atoms with Gasteiger partial charge in [0.15, 0.2) is 6.10 Å². The molecule has 1 N–H and O–H groups in total. The Morgan fingerprint density at radius 1 is 1.15 bits per heavy atom. The van der Waals surface area contributed by atoms with Crippen molar-refractivity contribution < 1.29 is 18.7 Å². The van der Waals surface area contributed by atoms with Gasteiger partial charge in [0, 0.05) is 5.39 Å². The van der Waals surface area contributed by atoms with Gasteiger partial charge < -0.3 is 10.1 Å². The Balaban J connectivity index is 1.77. The number of carbonyl (C=O) groups excluding carboxylic acids is 2. The quantitative estimate of drug-likeness (QED) is 0.495. The van der Waals surface area contributed by atoms with Crippen LogP contribution in [-0.4, -0.2) is 23.0 Å². The summed E-state index contributed by atoms with van der Waals surface area (Å²) >= 11 is 11.8. The number of nitrogens with one attached hydrogen (secondary N) is 1. The van der Waals surface area contributed by atoms with E-state index in [0.717, 1.165) is 12.1 Å². The molecule has 0 saturated carbocycles. The van der Waals surface area contributed by atoms with Crippen molar-refractivity contribution >= 4 is 51.7 Å². The minimum atomic E-state index is -1.12. The molecule has 3 rings (SSSR count). The van der Waals surface area contributed by atoms with E-state index < -0.39 is 23.8 Å². The first kappa shape index (κ1) is 19.1. The molecule has 138 valence electrons. The molecule has 0 radical (unpaired) electrons. The number of hydrogen-bond acceptors (Lipinski definition) is 4.